The normalized spacial score (nSPS) is 11.4. The zero-order chi connectivity index (χ0) is 13.1. The Balaban J connectivity index is 3.02. The third-order valence-corrected chi connectivity index (χ3v) is 2.65. The molecule has 0 amide bonds. The molecular weight excluding hydrogens is 216 g/mol. The molecule has 0 saturated carbocycles. The highest BCUT2D eigenvalue weighted by Gasteiger charge is 2.17. The molecule has 1 rings (SSSR count). The van der Waals surface area contributed by atoms with Crippen molar-refractivity contribution < 1.29 is 14.6 Å². The van der Waals surface area contributed by atoms with Gasteiger partial charge in [-0.05, 0) is 29.5 Å². The van der Waals surface area contributed by atoms with Gasteiger partial charge in [0.05, 0.1) is 12.2 Å². The summed E-state index contributed by atoms with van der Waals surface area (Å²) in [7, 11) is 0. The van der Waals surface area contributed by atoms with E-state index in [1.54, 1.807) is 0 Å². The van der Waals surface area contributed by atoms with E-state index in [0.29, 0.717) is 5.56 Å². The maximum Gasteiger partial charge on any atom is 0.338 e. The minimum atomic E-state index is -0.373. The van der Waals surface area contributed by atoms with Crippen LogP contribution in [0.3, 0.4) is 0 Å². The number of aliphatic hydroxyl groups excluding tert-OH is 1. The summed E-state index contributed by atoms with van der Waals surface area (Å²) in [6, 6.07) is 5.82. The Kier molecular flexibility index (Phi) is 4.29. The Hall–Kier alpha value is -1.35. The maximum atomic E-state index is 11.8. The smallest absolute Gasteiger partial charge is 0.338 e. The molecule has 0 aromatic heterocycles. The highest BCUT2D eigenvalue weighted by atomic mass is 16.5. The van der Waals surface area contributed by atoms with E-state index in [4.69, 9.17) is 9.84 Å². The highest BCUT2D eigenvalue weighted by Crippen LogP contribution is 2.24. The Morgan fingerprint density at radius 2 is 2.00 bits per heavy atom. The molecule has 3 heteroatoms. The van der Waals surface area contributed by atoms with Gasteiger partial charge < -0.3 is 9.84 Å². The number of aliphatic hydroxyl groups is 1. The van der Waals surface area contributed by atoms with Crippen LogP contribution in [0.4, 0.5) is 0 Å². The molecule has 1 aromatic rings. The summed E-state index contributed by atoms with van der Waals surface area (Å²) in [4.78, 5) is 11.8. The van der Waals surface area contributed by atoms with Gasteiger partial charge in [0.2, 0.25) is 0 Å². The van der Waals surface area contributed by atoms with E-state index in [2.05, 4.69) is 20.8 Å². The van der Waals surface area contributed by atoms with Crippen LogP contribution < -0.4 is 0 Å². The SMILES string of the molecule is Cc1ccc(C(C)(C)C)cc1C(=O)OCCO. The fourth-order valence-corrected chi connectivity index (χ4v) is 1.52. The maximum absolute atomic E-state index is 11.8. The second kappa shape index (κ2) is 5.32. The van der Waals surface area contributed by atoms with Crippen molar-refractivity contribution in [2.45, 2.75) is 33.1 Å². The summed E-state index contributed by atoms with van der Waals surface area (Å²) in [5.41, 5.74) is 2.56. The second-order valence-electron chi connectivity index (χ2n) is 5.14. The zero-order valence-electron chi connectivity index (χ0n) is 10.9. The highest BCUT2D eigenvalue weighted by molar-refractivity contribution is 5.91. The average molecular weight is 236 g/mol. The van der Waals surface area contributed by atoms with Crippen LogP contribution in [-0.4, -0.2) is 24.3 Å². The molecule has 0 atom stereocenters. The van der Waals surface area contributed by atoms with Gasteiger partial charge in [0.15, 0.2) is 0 Å². The molecule has 17 heavy (non-hydrogen) atoms. The van der Waals surface area contributed by atoms with Crippen molar-refractivity contribution in [2.24, 2.45) is 0 Å². The summed E-state index contributed by atoms with van der Waals surface area (Å²) in [5, 5.41) is 8.64. The van der Waals surface area contributed by atoms with Gasteiger partial charge >= 0.3 is 5.97 Å². The number of ether oxygens (including phenoxy) is 1. The van der Waals surface area contributed by atoms with Crippen LogP contribution >= 0.6 is 0 Å². The van der Waals surface area contributed by atoms with E-state index >= 15 is 0 Å². The molecule has 1 N–H and O–H groups in total. The quantitative estimate of drug-likeness (QED) is 0.820. The molecule has 0 aliphatic rings. The first-order chi connectivity index (χ1) is 7.86. The van der Waals surface area contributed by atoms with Gasteiger partial charge in [-0.25, -0.2) is 4.79 Å². The van der Waals surface area contributed by atoms with E-state index in [-0.39, 0.29) is 24.6 Å². The van der Waals surface area contributed by atoms with E-state index in [1.807, 2.05) is 25.1 Å². The standard InChI is InChI=1S/C14H20O3/c1-10-5-6-11(14(2,3)4)9-12(10)13(16)17-8-7-15/h5-6,9,15H,7-8H2,1-4H3. The molecule has 0 heterocycles. The molecule has 1 aromatic carbocycles. The summed E-state index contributed by atoms with van der Waals surface area (Å²) < 4.78 is 4.94. The predicted molar refractivity (Wildman–Crippen MR) is 67.2 cm³/mol. The number of hydrogen-bond donors (Lipinski definition) is 1. The van der Waals surface area contributed by atoms with Crippen LogP contribution in [0.1, 0.15) is 42.3 Å². The van der Waals surface area contributed by atoms with Crippen molar-refractivity contribution in [2.75, 3.05) is 13.2 Å². The van der Waals surface area contributed by atoms with Crippen LogP contribution in [-0.2, 0) is 10.2 Å². The molecule has 0 bridgehead atoms. The van der Waals surface area contributed by atoms with Crippen LogP contribution in [0.15, 0.2) is 18.2 Å². The molecule has 0 saturated heterocycles. The van der Waals surface area contributed by atoms with E-state index in [0.717, 1.165) is 11.1 Å². The first kappa shape index (κ1) is 13.7. The number of carbonyl (C=O) groups is 1. The molecule has 0 fully saturated rings. The topological polar surface area (TPSA) is 46.5 Å². The molecule has 0 aliphatic carbocycles. The lowest BCUT2D eigenvalue weighted by molar-refractivity contribution is 0.0433. The summed E-state index contributed by atoms with van der Waals surface area (Å²) >= 11 is 0. The lowest BCUT2D eigenvalue weighted by Gasteiger charge is -2.20. The third kappa shape index (κ3) is 3.56. The number of hydrogen-bond acceptors (Lipinski definition) is 3. The number of esters is 1. The Labute approximate surface area is 102 Å². The zero-order valence-corrected chi connectivity index (χ0v) is 10.9. The largest absolute Gasteiger partial charge is 0.460 e. The molecule has 0 unspecified atom stereocenters. The number of rotatable bonds is 3. The van der Waals surface area contributed by atoms with Crippen molar-refractivity contribution in [3.8, 4) is 0 Å². The predicted octanol–water partition coefficient (Wildman–Crippen LogP) is 2.44. The summed E-state index contributed by atoms with van der Waals surface area (Å²) in [6.45, 7) is 8.06. The first-order valence-corrected chi connectivity index (χ1v) is 5.75. The van der Waals surface area contributed by atoms with Crippen molar-refractivity contribution in [3.05, 3.63) is 34.9 Å². The van der Waals surface area contributed by atoms with E-state index < -0.39 is 0 Å². The van der Waals surface area contributed by atoms with Gasteiger partial charge in [-0.2, -0.15) is 0 Å². The van der Waals surface area contributed by atoms with Crippen molar-refractivity contribution in [1.82, 2.24) is 0 Å². The van der Waals surface area contributed by atoms with Gasteiger partial charge in [-0.3, -0.25) is 0 Å². The minimum absolute atomic E-state index is 0.000289. The van der Waals surface area contributed by atoms with E-state index in [1.165, 1.54) is 0 Å². The average Bonchev–Trinajstić information content (AvgIpc) is 2.24. The van der Waals surface area contributed by atoms with Gasteiger partial charge in [0.25, 0.3) is 0 Å². The monoisotopic (exact) mass is 236 g/mol. The van der Waals surface area contributed by atoms with Crippen LogP contribution in [0, 0.1) is 6.92 Å². The lowest BCUT2D eigenvalue weighted by atomic mass is 9.85. The Morgan fingerprint density at radius 3 is 2.53 bits per heavy atom. The van der Waals surface area contributed by atoms with Gasteiger partial charge in [0, 0.05) is 0 Å². The van der Waals surface area contributed by atoms with Gasteiger partial charge in [0.1, 0.15) is 6.61 Å². The Morgan fingerprint density at radius 1 is 1.35 bits per heavy atom. The van der Waals surface area contributed by atoms with Gasteiger partial charge in [-0.1, -0.05) is 32.9 Å². The third-order valence-electron chi connectivity index (χ3n) is 2.65. The minimum Gasteiger partial charge on any atom is -0.460 e. The van der Waals surface area contributed by atoms with Crippen molar-refractivity contribution >= 4 is 5.97 Å². The van der Waals surface area contributed by atoms with Crippen LogP contribution in [0.25, 0.3) is 0 Å². The number of carbonyl (C=O) groups excluding carboxylic acids is 1. The van der Waals surface area contributed by atoms with Gasteiger partial charge in [-0.15, -0.1) is 0 Å². The second-order valence-corrected chi connectivity index (χ2v) is 5.14. The molecule has 0 radical (unpaired) electrons. The number of benzene rings is 1. The molecule has 3 nitrogen and oxygen atoms in total. The lowest BCUT2D eigenvalue weighted by Crippen LogP contribution is -2.15. The van der Waals surface area contributed by atoms with Crippen molar-refractivity contribution in [3.63, 3.8) is 0 Å². The van der Waals surface area contributed by atoms with Crippen molar-refractivity contribution in [1.29, 1.82) is 0 Å². The molecule has 94 valence electrons. The number of aryl methyl sites for hydroxylation is 1. The van der Waals surface area contributed by atoms with E-state index in [9.17, 15) is 4.79 Å². The fraction of sp³-hybridized carbons (Fsp3) is 0.500. The molecule has 0 spiro atoms. The molecular formula is C14H20O3. The van der Waals surface area contributed by atoms with Crippen LogP contribution in [0.5, 0.6) is 0 Å². The fourth-order valence-electron chi connectivity index (χ4n) is 1.52. The first-order valence-electron chi connectivity index (χ1n) is 5.75. The Bertz CT molecular complexity index is 402. The van der Waals surface area contributed by atoms with Crippen LogP contribution in [0.2, 0.25) is 0 Å². The summed E-state index contributed by atoms with van der Waals surface area (Å²) in [5.74, 6) is -0.373. The summed E-state index contributed by atoms with van der Waals surface area (Å²) in [6.07, 6.45) is 0. The molecule has 0 aliphatic heterocycles.